The van der Waals surface area contributed by atoms with Gasteiger partial charge in [0.1, 0.15) is 6.10 Å². The number of esters is 1. The molecule has 0 aromatic heterocycles. The lowest BCUT2D eigenvalue weighted by Crippen LogP contribution is -2.43. The van der Waals surface area contributed by atoms with Gasteiger partial charge in [0.25, 0.3) is 0 Å². The van der Waals surface area contributed by atoms with E-state index < -0.39 is 0 Å². The monoisotopic (exact) mass is 250 g/mol. The molecule has 3 aliphatic rings. The normalized spacial score (nSPS) is 51.2. The van der Waals surface area contributed by atoms with Crippen molar-refractivity contribution >= 4 is 5.97 Å². The molecule has 1 saturated heterocycles. The molecule has 2 aliphatic carbocycles. The summed E-state index contributed by atoms with van der Waals surface area (Å²) in [4.78, 5) is 11.7. The van der Waals surface area contributed by atoms with Gasteiger partial charge >= 0.3 is 5.97 Å². The van der Waals surface area contributed by atoms with E-state index in [1.807, 2.05) is 6.92 Å². The number of hydrogen-bond acceptors (Lipinski definition) is 3. The molecule has 0 radical (unpaired) electrons. The van der Waals surface area contributed by atoms with E-state index in [2.05, 4.69) is 19.9 Å². The van der Waals surface area contributed by atoms with Gasteiger partial charge in [0, 0.05) is 11.8 Å². The van der Waals surface area contributed by atoms with Gasteiger partial charge in [0.15, 0.2) is 0 Å². The number of aliphatic hydroxyl groups is 1. The highest BCUT2D eigenvalue weighted by atomic mass is 16.6. The molecular weight excluding hydrogens is 228 g/mol. The van der Waals surface area contributed by atoms with E-state index in [0.29, 0.717) is 0 Å². The van der Waals surface area contributed by atoms with Crippen LogP contribution in [-0.4, -0.2) is 23.3 Å². The van der Waals surface area contributed by atoms with Crippen LogP contribution in [0.4, 0.5) is 0 Å². The third kappa shape index (κ3) is 1.56. The van der Waals surface area contributed by atoms with Gasteiger partial charge in [-0.3, -0.25) is 4.79 Å². The summed E-state index contributed by atoms with van der Waals surface area (Å²) in [5.41, 5.74) is 1.47. The van der Waals surface area contributed by atoms with Crippen molar-refractivity contribution in [2.75, 3.05) is 0 Å². The second-order valence-corrected chi connectivity index (χ2v) is 6.62. The van der Waals surface area contributed by atoms with Crippen molar-refractivity contribution in [3.63, 3.8) is 0 Å². The van der Waals surface area contributed by atoms with E-state index in [9.17, 15) is 9.90 Å². The fraction of sp³-hybridized carbons (Fsp3) is 0.800. The largest absolute Gasteiger partial charge is 0.461 e. The maximum absolute atomic E-state index is 11.7. The highest BCUT2D eigenvalue weighted by Gasteiger charge is 2.51. The van der Waals surface area contributed by atoms with Gasteiger partial charge in [-0.1, -0.05) is 32.4 Å². The molecule has 3 nitrogen and oxygen atoms in total. The predicted molar refractivity (Wildman–Crippen MR) is 67.7 cm³/mol. The molecule has 1 N–H and O–H groups in total. The molecule has 2 fully saturated rings. The van der Waals surface area contributed by atoms with Gasteiger partial charge in [0.05, 0.1) is 12.0 Å². The average Bonchev–Trinajstić information content (AvgIpc) is 2.58. The van der Waals surface area contributed by atoms with Gasteiger partial charge in [0.2, 0.25) is 0 Å². The first kappa shape index (κ1) is 12.2. The quantitative estimate of drug-likeness (QED) is 0.530. The Kier molecular flexibility index (Phi) is 2.60. The first-order valence-corrected chi connectivity index (χ1v) is 7.03. The van der Waals surface area contributed by atoms with E-state index in [4.69, 9.17) is 4.74 Å². The maximum atomic E-state index is 11.7. The fourth-order valence-corrected chi connectivity index (χ4v) is 4.09. The van der Waals surface area contributed by atoms with Gasteiger partial charge < -0.3 is 9.84 Å². The molecular formula is C15H22O3. The topological polar surface area (TPSA) is 46.5 Å². The van der Waals surface area contributed by atoms with E-state index in [1.165, 1.54) is 5.57 Å². The van der Waals surface area contributed by atoms with Crippen molar-refractivity contribution in [2.24, 2.45) is 23.2 Å². The lowest BCUT2D eigenvalue weighted by Gasteiger charge is -2.47. The lowest BCUT2D eigenvalue weighted by molar-refractivity contribution is -0.145. The van der Waals surface area contributed by atoms with Gasteiger partial charge in [-0.25, -0.2) is 0 Å². The third-order valence-electron chi connectivity index (χ3n) is 5.43. The molecule has 1 heterocycles. The lowest BCUT2D eigenvalue weighted by atomic mass is 9.59. The molecule has 0 amide bonds. The van der Waals surface area contributed by atoms with Crippen molar-refractivity contribution in [3.8, 4) is 0 Å². The molecule has 3 heteroatoms. The van der Waals surface area contributed by atoms with E-state index in [-0.39, 0.29) is 41.3 Å². The van der Waals surface area contributed by atoms with Gasteiger partial charge in [-0.2, -0.15) is 0 Å². The predicted octanol–water partition coefficient (Wildman–Crippen LogP) is 2.29. The molecule has 100 valence electrons. The summed E-state index contributed by atoms with van der Waals surface area (Å²) < 4.78 is 5.51. The Morgan fingerprint density at radius 1 is 1.39 bits per heavy atom. The molecule has 1 saturated carbocycles. The van der Waals surface area contributed by atoms with Gasteiger partial charge in [-0.15, -0.1) is 0 Å². The van der Waals surface area contributed by atoms with Crippen LogP contribution >= 0.6 is 0 Å². The Hall–Kier alpha value is -0.830. The Morgan fingerprint density at radius 3 is 2.83 bits per heavy atom. The minimum Gasteiger partial charge on any atom is -0.461 e. The molecule has 0 aromatic rings. The van der Waals surface area contributed by atoms with Gasteiger partial charge in [-0.05, 0) is 24.7 Å². The number of rotatable bonds is 0. The first-order chi connectivity index (χ1) is 8.42. The highest BCUT2D eigenvalue weighted by Crippen LogP contribution is 2.53. The summed E-state index contributed by atoms with van der Waals surface area (Å²) in [7, 11) is 0. The first-order valence-electron chi connectivity index (χ1n) is 7.03. The Bertz CT molecular complexity index is 414. The number of aliphatic hydroxyl groups excluding tert-OH is 1. The number of hydrogen-bond donors (Lipinski definition) is 1. The minimum atomic E-state index is -0.228. The smallest absolute Gasteiger partial charge is 0.309 e. The zero-order valence-corrected chi connectivity index (χ0v) is 11.3. The van der Waals surface area contributed by atoms with Crippen molar-refractivity contribution < 1.29 is 14.6 Å². The number of fused-ring (bicyclic) bond motifs is 2. The molecule has 6 atom stereocenters. The van der Waals surface area contributed by atoms with Crippen LogP contribution in [0.5, 0.6) is 0 Å². The second kappa shape index (κ2) is 3.83. The molecule has 0 bridgehead atoms. The SMILES string of the molecule is C[C@@H]1C(=O)O[C@@H]2C[C@@]3(C)CC[C@H](O)[C@H](C)C3=C[C@H]12. The van der Waals surface area contributed by atoms with Crippen LogP contribution in [-0.2, 0) is 9.53 Å². The Labute approximate surface area is 108 Å². The second-order valence-electron chi connectivity index (χ2n) is 6.62. The van der Waals surface area contributed by atoms with Crippen LogP contribution in [0.15, 0.2) is 11.6 Å². The molecule has 0 unspecified atom stereocenters. The summed E-state index contributed by atoms with van der Waals surface area (Å²) in [5.74, 6) is 0.344. The molecule has 0 aromatic carbocycles. The minimum absolute atomic E-state index is 0.0293. The van der Waals surface area contributed by atoms with Crippen LogP contribution in [0.1, 0.15) is 40.0 Å². The van der Waals surface area contributed by atoms with Crippen LogP contribution in [0.2, 0.25) is 0 Å². The molecule has 1 aliphatic heterocycles. The van der Waals surface area contributed by atoms with E-state index in [1.54, 1.807) is 0 Å². The Balaban J connectivity index is 1.99. The molecule has 0 spiro atoms. The van der Waals surface area contributed by atoms with E-state index >= 15 is 0 Å². The third-order valence-corrected chi connectivity index (χ3v) is 5.43. The summed E-state index contributed by atoms with van der Waals surface area (Å²) in [5, 5.41) is 10.1. The fourth-order valence-electron chi connectivity index (χ4n) is 4.09. The van der Waals surface area contributed by atoms with E-state index in [0.717, 1.165) is 19.3 Å². The number of ether oxygens (including phenoxy) is 1. The standard InChI is InChI=1S/C15H22O3/c1-8-10-6-11-9(2)12(16)4-5-15(11,3)7-13(10)18-14(8)17/h6,8-10,12-13,16H,4-5,7H2,1-3H3/t8-,9+,10+,12-,13+,15+/m0/s1. The highest BCUT2D eigenvalue weighted by molar-refractivity contribution is 5.75. The zero-order chi connectivity index (χ0) is 13.1. The van der Waals surface area contributed by atoms with Crippen molar-refractivity contribution in [1.29, 1.82) is 0 Å². The summed E-state index contributed by atoms with van der Waals surface area (Å²) in [6.45, 7) is 6.32. The number of carbonyl (C=O) groups is 1. The van der Waals surface area contributed by atoms with Crippen LogP contribution < -0.4 is 0 Å². The van der Waals surface area contributed by atoms with Crippen molar-refractivity contribution in [3.05, 3.63) is 11.6 Å². The van der Waals surface area contributed by atoms with Crippen molar-refractivity contribution in [2.45, 2.75) is 52.2 Å². The van der Waals surface area contributed by atoms with Crippen molar-refractivity contribution in [1.82, 2.24) is 0 Å². The number of carbonyl (C=O) groups excluding carboxylic acids is 1. The molecule has 3 rings (SSSR count). The summed E-state index contributed by atoms with van der Waals surface area (Å²) >= 11 is 0. The average molecular weight is 250 g/mol. The summed E-state index contributed by atoms with van der Waals surface area (Å²) in [6.07, 6.45) is 4.86. The van der Waals surface area contributed by atoms with Crippen LogP contribution in [0.3, 0.4) is 0 Å². The summed E-state index contributed by atoms with van der Waals surface area (Å²) in [6, 6.07) is 0. The molecule has 18 heavy (non-hydrogen) atoms. The van der Waals surface area contributed by atoms with Crippen LogP contribution in [0, 0.1) is 23.2 Å². The Morgan fingerprint density at radius 2 is 2.11 bits per heavy atom. The van der Waals surface area contributed by atoms with Crippen LogP contribution in [0.25, 0.3) is 0 Å². The maximum Gasteiger partial charge on any atom is 0.309 e. The zero-order valence-electron chi connectivity index (χ0n) is 11.3.